The summed E-state index contributed by atoms with van der Waals surface area (Å²) in [7, 11) is 0. The third-order valence-corrected chi connectivity index (χ3v) is 5.32. The van der Waals surface area contributed by atoms with E-state index in [4.69, 9.17) is 9.41 Å². The Morgan fingerprint density at radius 1 is 1.06 bits per heavy atom. The summed E-state index contributed by atoms with van der Waals surface area (Å²) < 4.78 is 7.79. The minimum Gasteiger partial charge on any atom is -0.444 e. The first-order chi connectivity index (χ1) is 16.1. The summed E-state index contributed by atoms with van der Waals surface area (Å²) in [5.74, 6) is 2.38. The van der Waals surface area contributed by atoms with Crippen molar-refractivity contribution in [3.05, 3.63) is 95.4 Å². The highest BCUT2D eigenvalue weighted by atomic mass is 127. The highest BCUT2D eigenvalue weighted by Crippen LogP contribution is 2.19. The monoisotopic (exact) mass is 570 g/mol. The molecule has 2 N–H and O–H groups in total. The Kier molecular flexibility index (Phi) is 9.26. The van der Waals surface area contributed by atoms with Gasteiger partial charge in [-0.15, -0.1) is 24.0 Å². The minimum absolute atomic E-state index is 0. The Bertz CT molecular complexity index is 1210. The maximum Gasteiger partial charge on any atom is 0.226 e. The number of guanidine groups is 1. The van der Waals surface area contributed by atoms with E-state index in [2.05, 4.69) is 75.4 Å². The van der Waals surface area contributed by atoms with Crippen molar-refractivity contribution >= 4 is 29.9 Å². The predicted octanol–water partition coefficient (Wildman–Crippen LogP) is 5.08. The minimum atomic E-state index is 0. The second-order valence-corrected chi connectivity index (χ2v) is 7.98. The number of imidazole rings is 1. The van der Waals surface area contributed by atoms with E-state index in [-0.39, 0.29) is 24.0 Å². The van der Waals surface area contributed by atoms with Gasteiger partial charge < -0.3 is 19.6 Å². The molecule has 4 aromatic rings. The van der Waals surface area contributed by atoms with Gasteiger partial charge in [0.05, 0.1) is 18.8 Å². The Balaban J connectivity index is 0.00000324. The molecule has 0 aliphatic rings. The number of nitrogens with one attached hydrogen (secondary N) is 2. The van der Waals surface area contributed by atoms with E-state index >= 15 is 0 Å². The highest BCUT2D eigenvalue weighted by molar-refractivity contribution is 14.0. The number of hydrogen-bond donors (Lipinski definition) is 2. The SMILES string of the molecule is CCNC(=NCc1cccc(Cn2ccnc2C)c1)NCc1coc(-c2ccc(C)cc2)n1.I. The van der Waals surface area contributed by atoms with Gasteiger partial charge in [0, 0.05) is 31.0 Å². The summed E-state index contributed by atoms with van der Waals surface area (Å²) in [6.45, 7) is 8.82. The molecular formula is C26H31IN6O. The number of nitrogens with zero attached hydrogens (tertiary/aromatic N) is 4. The molecule has 0 bridgehead atoms. The van der Waals surface area contributed by atoms with Gasteiger partial charge in [-0.2, -0.15) is 0 Å². The van der Waals surface area contributed by atoms with Gasteiger partial charge in [0.15, 0.2) is 5.96 Å². The molecule has 0 saturated carbocycles. The average molecular weight is 570 g/mol. The van der Waals surface area contributed by atoms with E-state index in [9.17, 15) is 0 Å². The molecule has 2 aromatic heterocycles. The molecule has 0 spiro atoms. The first kappa shape index (κ1) is 25.5. The zero-order chi connectivity index (χ0) is 23.0. The van der Waals surface area contributed by atoms with Crippen molar-refractivity contribution < 1.29 is 4.42 Å². The number of benzene rings is 2. The summed E-state index contributed by atoms with van der Waals surface area (Å²) in [5.41, 5.74) is 5.40. The van der Waals surface area contributed by atoms with Crippen LogP contribution >= 0.6 is 24.0 Å². The topological polar surface area (TPSA) is 80.3 Å². The Hall–Kier alpha value is -3.14. The van der Waals surface area contributed by atoms with Crippen LogP contribution in [0.25, 0.3) is 11.5 Å². The lowest BCUT2D eigenvalue weighted by Crippen LogP contribution is -2.36. The molecule has 0 aliphatic heterocycles. The van der Waals surface area contributed by atoms with E-state index < -0.39 is 0 Å². The van der Waals surface area contributed by atoms with Gasteiger partial charge in [-0.25, -0.2) is 15.0 Å². The number of aliphatic imine (C=N–C) groups is 1. The van der Waals surface area contributed by atoms with Gasteiger partial charge in [0.1, 0.15) is 12.1 Å². The van der Waals surface area contributed by atoms with Gasteiger partial charge in [-0.3, -0.25) is 0 Å². The quantitative estimate of drug-likeness (QED) is 0.176. The largest absolute Gasteiger partial charge is 0.444 e. The molecule has 0 radical (unpaired) electrons. The molecule has 8 heteroatoms. The number of halogens is 1. The molecule has 0 amide bonds. The Morgan fingerprint density at radius 3 is 2.59 bits per heavy atom. The molecule has 0 unspecified atom stereocenters. The van der Waals surface area contributed by atoms with Crippen molar-refractivity contribution in [2.24, 2.45) is 4.99 Å². The molecule has 0 saturated heterocycles. The first-order valence-electron chi connectivity index (χ1n) is 11.2. The summed E-state index contributed by atoms with van der Waals surface area (Å²) in [6.07, 6.45) is 5.52. The number of hydrogen-bond acceptors (Lipinski definition) is 4. The van der Waals surface area contributed by atoms with Crippen LogP contribution in [-0.4, -0.2) is 27.0 Å². The average Bonchev–Trinajstić information content (AvgIpc) is 3.46. The van der Waals surface area contributed by atoms with Crippen LogP contribution in [0.2, 0.25) is 0 Å². The van der Waals surface area contributed by atoms with Crippen molar-refractivity contribution in [1.29, 1.82) is 0 Å². The Morgan fingerprint density at radius 2 is 1.85 bits per heavy atom. The number of oxazole rings is 1. The van der Waals surface area contributed by atoms with Gasteiger partial charge in [0.2, 0.25) is 5.89 Å². The van der Waals surface area contributed by atoms with E-state index in [0.29, 0.717) is 19.0 Å². The van der Waals surface area contributed by atoms with Crippen molar-refractivity contribution in [1.82, 2.24) is 25.2 Å². The molecule has 2 aromatic carbocycles. The maximum atomic E-state index is 5.66. The van der Waals surface area contributed by atoms with Crippen LogP contribution in [0.4, 0.5) is 0 Å². The second-order valence-electron chi connectivity index (χ2n) is 7.98. The van der Waals surface area contributed by atoms with Crippen LogP contribution in [-0.2, 0) is 19.6 Å². The van der Waals surface area contributed by atoms with E-state index in [0.717, 1.165) is 41.7 Å². The number of rotatable bonds is 8. The van der Waals surface area contributed by atoms with Gasteiger partial charge in [-0.05, 0) is 44.0 Å². The van der Waals surface area contributed by atoms with Crippen molar-refractivity contribution in [3.63, 3.8) is 0 Å². The first-order valence-corrected chi connectivity index (χ1v) is 11.2. The van der Waals surface area contributed by atoms with Crippen molar-refractivity contribution in [2.45, 2.75) is 40.4 Å². The molecule has 4 rings (SSSR count). The fourth-order valence-electron chi connectivity index (χ4n) is 3.50. The van der Waals surface area contributed by atoms with Crippen LogP contribution in [0.5, 0.6) is 0 Å². The lowest BCUT2D eigenvalue weighted by atomic mass is 10.1. The van der Waals surface area contributed by atoms with Crippen molar-refractivity contribution in [3.8, 4) is 11.5 Å². The summed E-state index contributed by atoms with van der Waals surface area (Å²) in [6, 6.07) is 16.7. The van der Waals surface area contributed by atoms with E-state index in [1.165, 1.54) is 11.1 Å². The lowest BCUT2D eigenvalue weighted by Gasteiger charge is -2.11. The van der Waals surface area contributed by atoms with Crippen LogP contribution in [0.3, 0.4) is 0 Å². The zero-order valence-electron chi connectivity index (χ0n) is 19.8. The van der Waals surface area contributed by atoms with Crippen LogP contribution in [0.15, 0.2) is 76.6 Å². The molecular weight excluding hydrogens is 539 g/mol. The van der Waals surface area contributed by atoms with Crippen molar-refractivity contribution in [2.75, 3.05) is 6.54 Å². The predicted molar refractivity (Wildman–Crippen MR) is 146 cm³/mol. The van der Waals surface area contributed by atoms with Gasteiger partial charge >= 0.3 is 0 Å². The van der Waals surface area contributed by atoms with Gasteiger partial charge in [0.25, 0.3) is 0 Å². The third kappa shape index (κ3) is 6.93. The molecule has 0 aliphatic carbocycles. The van der Waals surface area contributed by atoms with Crippen LogP contribution < -0.4 is 10.6 Å². The summed E-state index contributed by atoms with van der Waals surface area (Å²) in [4.78, 5) is 13.6. The molecule has 7 nitrogen and oxygen atoms in total. The second kappa shape index (κ2) is 12.4. The van der Waals surface area contributed by atoms with Gasteiger partial charge in [-0.1, -0.05) is 42.0 Å². The molecule has 0 fully saturated rings. The zero-order valence-corrected chi connectivity index (χ0v) is 22.1. The van der Waals surface area contributed by atoms with E-state index in [1.807, 2.05) is 31.5 Å². The highest BCUT2D eigenvalue weighted by Gasteiger charge is 2.08. The third-order valence-electron chi connectivity index (χ3n) is 5.32. The maximum absolute atomic E-state index is 5.66. The Labute approximate surface area is 217 Å². The molecule has 178 valence electrons. The molecule has 34 heavy (non-hydrogen) atoms. The standard InChI is InChI=1S/C26H30N6O.HI/c1-4-27-26(30-16-24-18-33-25(31-24)23-10-8-19(2)9-11-23)29-15-21-6-5-7-22(14-21)17-32-13-12-28-20(32)3;/h5-14,18H,4,15-17H2,1-3H3,(H2,27,29,30);1H. The summed E-state index contributed by atoms with van der Waals surface area (Å²) in [5, 5.41) is 6.64. The fraction of sp³-hybridized carbons (Fsp3) is 0.269. The van der Waals surface area contributed by atoms with Crippen LogP contribution in [0.1, 0.15) is 35.1 Å². The number of aromatic nitrogens is 3. The normalized spacial score (nSPS) is 11.2. The number of aryl methyl sites for hydroxylation is 2. The molecule has 2 heterocycles. The lowest BCUT2D eigenvalue weighted by molar-refractivity contribution is 0.572. The fourth-order valence-corrected chi connectivity index (χ4v) is 3.50. The molecule has 0 atom stereocenters. The smallest absolute Gasteiger partial charge is 0.226 e. The van der Waals surface area contributed by atoms with E-state index in [1.54, 1.807) is 6.26 Å². The van der Waals surface area contributed by atoms with Crippen LogP contribution in [0, 0.1) is 13.8 Å². The summed E-state index contributed by atoms with van der Waals surface area (Å²) >= 11 is 0.